The van der Waals surface area contributed by atoms with E-state index in [1.165, 1.54) is 30.0 Å². The molecule has 0 saturated carbocycles. The van der Waals surface area contributed by atoms with E-state index in [9.17, 15) is 13.2 Å². The molecule has 2 aromatic rings. The molecule has 10 heteroatoms. The smallest absolute Gasteiger partial charge is 0.243 e. The van der Waals surface area contributed by atoms with Crippen LogP contribution < -0.4 is 5.32 Å². The molecule has 1 amide bonds. The van der Waals surface area contributed by atoms with Gasteiger partial charge in [0.15, 0.2) is 0 Å². The number of nitrogens with one attached hydrogen (secondary N) is 1. The molecule has 0 bridgehead atoms. The topological polar surface area (TPSA) is 100 Å². The number of likely N-dealkylation sites (tertiary alicyclic amines) is 1. The molecular weight excluding hydrogens is 440 g/mol. The second-order valence-corrected chi connectivity index (χ2v) is 11.5. The minimum absolute atomic E-state index is 0.0416. The number of amides is 1. The molecule has 1 aromatic heterocycles. The zero-order chi connectivity index (χ0) is 23.4. The van der Waals surface area contributed by atoms with Gasteiger partial charge in [0.25, 0.3) is 0 Å². The molecule has 182 valence electrons. The van der Waals surface area contributed by atoms with E-state index in [-0.39, 0.29) is 29.3 Å². The Morgan fingerprint density at radius 2 is 1.88 bits per heavy atom. The summed E-state index contributed by atoms with van der Waals surface area (Å²) in [6.07, 6.45) is 6.42. The van der Waals surface area contributed by atoms with Crippen molar-refractivity contribution >= 4 is 27.0 Å². The summed E-state index contributed by atoms with van der Waals surface area (Å²) >= 11 is 0. The lowest BCUT2D eigenvalue weighted by Gasteiger charge is -2.31. The first-order valence-electron chi connectivity index (χ1n) is 12.2. The number of aromatic nitrogens is 3. The van der Waals surface area contributed by atoms with Crippen LogP contribution in [0.15, 0.2) is 23.1 Å². The van der Waals surface area contributed by atoms with Crippen molar-refractivity contribution in [3.63, 3.8) is 0 Å². The van der Waals surface area contributed by atoms with Crippen molar-refractivity contribution in [1.29, 1.82) is 0 Å². The van der Waals surface area contributed by atoms with E-state index in [4.69, 9.17) is 0 Å². The number of hydrogen-bond acceptors (Lipinski definition) is 6. The van der Waals surface area contributed by atoms with Crippen LogP contribution in [0, 0.1) is 5.92 Å². The third kappa shape index (κ3) is 5.55. The fourth-order valence-electron chi connectivity index (χ4n) is 4.83. The van der Waals surface area contributed by atoms with Crippen LogP contribution in [0.3, 0.4) is 0 Å². The summed E-state index contributed by atoms with van der Waals surface area (Å²) in [5, 5.41) is 11.3. The average Bonchev–Trinajstić information content (AvgIpc) is 3.07. The van der Waals surface area contributed by atoms with Crippen LogP contribution in [0.1, 0.15) is 58.4 Å². The summed E-state index contributed by atoms with van der Waals surface area (Å²) in [6, 6.07) is 5.10. The number of sulfonamides is 1. The highest BCUT2D eigenvalue weighted by Gasteiger charge is 2.33. The molecule has 1 atom stereocenters. The van der Waals surface area contributed by atoms with Crippen LogP contribution >= 0.6 is 0 Å². The number of hydrogen-bond donors (Lipinski definition) is 1. The van der Waals surface area contributed by atoms with Crippen LogP contribution in [-0.4, -0.2) is 77.8 Å². The second-order valence-electron chi connectivity index (χ2n) is 9.53. The fourth-order valence-corrected chi connectivity index (χ4v) is 6.37. The quantitative estimate of drug-likeness (QED) is 0.659. The van der Waals surface area contributed by atoms with Crippen molar-refractivity contribution in [3.05, 3.63) is 18.2 Å². The Kier molecular flexibility index (Phi) is 7.65. The van der Waals surface area contributed by atoms with Crippen molar-refractivity contribution in [2.75, 3.05) is 39.3 Å². The van der Waals surface area contributed by atoms with E-state index in [1.807, 2.05) is 13.8 Å². The van der Waals surface area contributed by atoms with Crippen LogP contribution in [-0.2, 0) is 14.8 Å². The minimum atomic E-state index is -3.70. The SMILES string of the molecule is CC(C)n1nnc2cc(S(=O)(=O)N3CCC[C@H](C(=O)NCCN4CCCCCC4)C3)ccc21. The van der Waals surface area contributed by atoms with Gasteiger partial charge in [0, 0.05) is 32.2 Å². The standard InChI is InChI=1S/C23H36N6O3S/c1-18(2)29-22-10-9-20(16-21(22)25-26-29)33(31,32)28-14-7-8-19(17-28)23(30)24-11-15-27-12-5-3-4-6-13-27/h9-10,16,18-19H,3-8,11-15,17H2,1-2H3,(H,24,30)/t19-/m0/s1. The third-order valence-electron chi connectivity index (χ3n) is 6.75. The second kappa shape index (κ2) is 10.5. The monoisotopic (exact) mass is 476 g/mol. The highest BCUT2D eigenvalue weighted by Crippen LogP contribution is 2.26. The predicted octanol–water partition coefficient (Wildman–Crippen LogP) is 2.41. The Balaban J connectivity index is 1.37. The number of benzene rings is 1. The van der Waals surface area contributed by atoms with Gasteiger partial charge in [-0.05, 0) is 70.8 Å². The molecule has 0 spiro atoms. The molecule has 33 heavy (non-hydrogen) atoms. The number of carbonyl (C=O) groups is 1. The lowest BCUT2D eigenvalue weighted by molar-refractivity contribution is -0.126. The van der Waals surface area contributed by atoms with Crippen molar-refractivity contribution in [3.8, 4) is 0 Å². The van der Waals surface area contributed by atoms with Gasteiger partial charge in [-0.25, -0.2) is 13.1 Å². The summed E-state index contributed by atoms with van der Waals surface area (Å²) in [7, 11) is -3.70. The molecule has 1 aromatic carbocycles. The largest absolute Gasteiger partial charge is 0.355 e. The molecule has 2 saturated heterocycles. The first-order chi connectivity index (χ1) is 15.9. The third-order valence-corrected chi connectivity index (χ3v) is 8.61. The van der Waals surface area contributed by atoms with Gasteiger partial charge >= 0.3 is 0 Å². The Bertz CT molecular complexity index is 1060. The fraction of sp³-hybridized carbons (Fsp3) is 0.696. The van der Waals surface area contributed by atoms with Crippen LogP contribution in [0.4, 0.5) is 0 Å². The van der Waals surface area contributed by atoms with Crippen LogP contribution in [0.5, 0.6) is 0 Å². The van der Waals surface area contributed by atoms with Crippen molar-refractivity contribution in [1.82, 2.24) is 29.5 Å². The summed E-state index contributed by atoms with van der Waals surface area (Å²) < 4.78 is 29.9. The zero-order valence-electron chi connectivity index (χ0n) is 19.7. The lowest BCUT2D eigenvalue weighted by Crippen LogP contribution is -2.46. The first kappa shape index (κ1) is 24.1. The van der Waals surface area contributed by atoms with E-state index < -0.39 is 10.0 Å². The first-order valence-corrected chi connectivity index (χ1v) is 13.7. The molecule has 2 aliphatic rings. The maximum Gasteiger partial charge on any atom is 0.243 e. The van der Waals surface area contributed by atoms with E-state index in [2.05, 4.69) is 20.5 Å². The minimum Gasteiger partial charge on any atom is -0.355 e. The zero-order valence-corrected chi connectivity index (χ0v) is 20.6. The van der Waals surface area contributed by atoms with E-state index >= 15 is 0 Å². The van der Waals surface area contributed by atoms with Gasteiger partial charge in [-0.2, -0.15) is 4.31 Å². The number of rotatable bonds is 7. The Morgan fingerprint density at radius 3 is 2.61 bits per heavy atom. The van der Waals surface area contributed by atoms with Crippen LogP contribution in [0.25, 0.3) is 11.0 Å². The van der Waals surface area contributed by atoms with Gasteiger partial charge in [-0.15, -0.1) is 5.10 Å². The number of piperidine rings is 1. The average molecular weight is 477 g/mol. The molecule has 2 aliphatic heterocycles. The lowest BCUT2D eigenvalue weighted by atomic mass is 9.99. The number of nitrogens with zero attached hydrogens (tertiary/aromatic N) is 5. The van der Waals surface area contributed by atoms with Crippen LogP contribution in [0.2, 0.25) is 0 Å². The molecule has 0 aliphatic carbocycles. The Hall–Kier alpha value is -2.04. The summed E-state index contributed by atoms with van der Waals surface area (Å²) in [5.41, 5.74) is 1.37. The van der Waals surface area contributed by atoms with E-state index in [0.717, 1.165) is 25.2 Å². The molecular formula is C23H36N6O3S. The number of fused-ring (bicyclic) bond motifs is 1. The molecule has 2 fully saturated rings. The maximum absolute atomic E-state index is 13.3. The normalized spacial score (nSPS) is 21.4. The molecule has 0 radical (unpaired) electrons. The maximum atomic E-state index is 13.3. The molecule has 0 unspecified atom stereocenters. The Labute approximate surface area is 196 Å². The molecule has 9 nitrogen and oxygen atoms in total. The summed E-state index contributed by atoms with van der Waals surface area (Å²) in [4.78, 5) is 15.4. The van der Waals surface area contributed by atoms with Crippen molar-refractivity contribution in [2.45, 2.75) is 63.3 Å². The summed E-state index contributed by atoms with van der Waals surface area (Å²) in [5.74, 6) is -0.358. The molecule has 3 heterocycles. The van der Waals surface area contributed by atoms with Gasteiger partial charge < -0.3 is 10.2 Å². The molecule has 1 N–H and O–H groups in total. The van der Waals surface area contributed by atoms with Crippen molar-refractivity contribution < 1.29 is 13.2 Å². The van der Waals surface area contributed by atoms with Gasteiger partial charge in [-0.3, -0.25) is 4.79 Å². The van der Waals surface area contributed by atoms with Gasteiger partial charge in [0.1, 0.15) is 5.52 Å². The van der Waals surface area contributed by atoms with Gasteiger partial charge in [0.05, 0.1) is 16.3 Å². The Morgan fingerprint density at radius 1 is 1.12 bits per heavy atom. The predicted molar refractivity (Wildman–Crippen MR) is 127 cm³/mol. The highest BCUT2D eigenvalue weighted by molar-refractivity contribution is 7.89. The van der Waals surface area contributed by atoms with Crippen molar-refractivity contribution in [2.24, 2.45) is 5.92 Å². The molecule has 4 rings (SSSR count). The van der Waals surface area contributed by atoms with E-state index in [0.29, 0.717) is 31.4 Å². The number of carbonyl (C=O) groups excluding carboxylic acids is 1. The highest BCUT2D eigenvalue weighted by atomic mass is 32.2. The van der Waals surface area contributed by atoms with Gasteiger partial charge in [-0.1, -0.05) is 18.1 Å². The van der Waals surface area contributed by atoms with E-state index in [1.54, 1.807) is 22.9 Å². The van der Waals surface area contributed by atoms with Gasteiger partial charge in [0.2, 0.25) is 15.9 Å². The summed E-state index contributed by atoms with van der Waals surface area (Å²) in [6.45, 7) is 8.32.